The Kier molecular flexibility index (Phi) is 6.07. The summed E-state index contributed by atoms with van der Waals surface area (Å²) < 4.78 is 64.6. The monoisotopic (exact) mass is 567 g/mol. The summed E-state index contributed by atoms with van der Waals surface area (Å²) >= 11 is 0.759. The molecular formula is C24H31F2N7O3S2. The zero-order chi connectivity index (χ0) is 27.0. The number of halogens is 2. The Morgan fingerprint density at radius 1 is 1.16 bits per heavy atom. The van der Waals surface area contributed by atoms with Crippen LogP contribution in [-0.2, 0) is 20.4 Å². The Morgan fingerprint density at radius 3 is 2.39 bits per heavy atom. The zero-order valence-corrected chi connectivity index (χ0v) is 23.3. The number of sulfonamides is 1. The Morgan fingerprint density at radius 2 is 1.84 bits per heavy atom. The lowest BCUT2D eigenvalue weighted by atomic mass is 10.1. The van der Waals surface area contributed by atoms with E-state index in [1.54, 1.807) is 19.2 Å². The predicted octanol–water partition coefficient (Wildman–Crippen LogP) is 3.44. The fraction of sp³-hybridized carbons (Fsp3) is 0.625. The van der Waals surface area contributed by atoms with E-state index in [-0.39, 0.29) is 22.0 Å². The molecule has 0 bridgehead atoms. The van der Waals surface area contributed by atoms with Gasteiger partial charge in [-0.05, 0) is 58.6 Å². The van der Waals surface area contributed by atoms with Gasteiger partial charge in [-0.25, -0.2) is 26.9 Å². The van der Waals surface area contributed by atoms with Crippen molar-refractivity contribution < 1.29 is 21.9 Å². The van der Waals surface area contributed by atoms with E-state index < -0.39 is 32.6 Å². The third-order valence-corrected chi connectivity index (χ3v) is 10.2. The highest BCUT2D eigenvalue weighted by Crippen LogP contribution is 2.50. The number of aromatic nitrogens is 4. The number of fused-ring (bicyclic) bond motifs is 1. The largest absolute Gasteiger partial charge is 0.370 e. The number of hydrogen-bond acceptors (Lipinski definition) is 9. The Hall–Kier alpha value is -2.26. The van der Waals surface area contributed by atoms with Crippen LogP contribution < -0.4 is 14.9 Å². The Balaban J connectivity index is 1.62. The van der Waals surface area contributed by atoms with Gasteiger partial charge in [-0.1, -0.05) is 11.3 Å². The highest BCUT2D eigenvalue weighted by atomic mass is 32.2. The molecule has 0 unspecified atom stereocenters. The molecule has 2 N–H and O–H groups in total. The number of imidazole rings is 1. The van der Waals surface area contributed by atoms with Crippen LogP contribution in [0.1, 0.15) is 63.7 Å². The molecule has 1 aliphatic heterocycles. The normalized spacial score (nSPS) is 24.3. The first-order chi connectivity index (χ1) is 17.9. The van der Waals surface area contributed by atoms with Gasteiger partial charge in [0.1, 0.15) is 22.9 Å². The number of methoxy groups -OCH3 is 1. The number of ether oxygens (including phenoxy) is 1. The van der Waals surface area contributed by atoms with E-state index in [1.807, 2.05) is 11.3 Å². The van der Waals surface area contributed by atoms with Crippen LogP contribution in [0.5, 0.6) is 0 Å². The topological polar surface area (TPSA) is 114 Å². The summed E-state index contributed by atoms with van der Waals surface area (Å²) in [5.74, 6) is 1.28. The summed E-state index contributed by atoms with van der Waals surface area (Å²) in [6.45, 7) is 7.35. The molecule has 3 fully saturated rings. The molecule has 2 aliphatic carbocycles. The van der Waals surface area contributed by atoms with Gasteiger partial charge in [-0.2, -0.15) is 0 Å². The van der Waals surface area contributed by atoms with Crippen molar-refractivity contribution in [3.8, 4) is 10.7 Å². The third-order valence-electron chi connectivity index (χ3n) is 7.60. The first-order valence-corrected chi connectivity index (χ1v) is 15.0. The van der Waals surface area contributed by atoms with Crippen LogP contribution in [-0.4, -0.2) is 65.8 Å². The van der Waals surface area contributed by atoms with Crippen LogP contribution in [0.3, 0.4) is 0 Å². The van der Waals surface area contributed by atoms with E-state index in [2.05, 4.69) is 39.0 Å². The fourth-order valence-corrected chi connectivity index (χ4v) is 7.45. The lowest BCUT2D eigenvalue weighted by molar-refractivity contribution is 0.0708. The molecule has 1 saturated heterocycles. The van der Waals surface area contributed by atoms with Crippen LogP contribution in [0.2, 0.25) is 0 Å². The number of anilines is 1. The number of pyridine rings is 1. The van der Waals surface area contributed by atoms with Gasteiger partial charge < -0.3 is 15.0 Å². The summed E-state index contributed by atoms with van der Waals surface area (Å²) in [7, 11) is -2.25. The molecule has 206 valence electrons. The molecule has 6 rings (SSSR count). The lowest BCUT2D eigenvalue weighted by Gasteiger charge is -2.38. The van der Waals surface area contributed by atoms with Crippen molar-refractivity contribution in [1.82, 2.24) is 29.6 Å². The molecule has 3 aromatic rings. The first kappa shape index (κ1) is 26.0. The maximum Gasteiger partial charge on any atom is 0.291 e. The van der Waals surface area contributed by atoms with Gasteiger partial charge in [0.15, 0.2) is 10.0 Å². The summed E-state index contributed by atoms with van der Waals surface area (Å²) in [6.07, 6.45) is 0.270. The Labute approximate surface area is 223 Å². The van der Waals surface area contributed by atoms with Gasteiger partial charge in [0.25, 0.3) is 6.43 Å². The maximum atomic E-state index is 13.6. The van der Waals surface area contributed by atoms with E-state index in [1.165, 1.54) is 0 Å². The van der Waals surface area contributed by atoms with Crippen molar-refractivity contribution in [2.75, 3.05) is 25.1 Å². The average molecular weight is 568 g/mol. The van der Waals surface area contributed by atoms with Crippen LogP contribution in [0.25, 0.3) is 16.2 Å². The van der Waals surface area contributed by atoms with Gasteiger partial charge >= 0.3 is 0 Å². The third kappa shape index (κ3) is 4.49. The number of nitrogens with zero attached hydrogens (tertiary/aromatic N) is 5. The van der Waals surface area contributed by atoms with Crippen molar-refractivity contribution in [1.29, 1.82) is 0 Å². The highest BCUT2D eigenvalue weighted by molar-refractivity contribution is 7.89. The van der Waals surface area contributed by atoms with Crippen molar-refractivity contribution in [2.45, 2.75) is 81.0 Å². The number of nitrogens with one attached hydrogen (secondary N) is 2. The number of hydrogen-bond donors (Lipinski definition) is 2. The van der Waals surface area contributed by atoms with Gasteiger partial charge in [-0.15, -0.1) is 10.2 Å². The first-order valence-electron chi connectivity index (χ1n) is 12.7. The van der Waals surface area contributed by atoms with Crippen molar-refractivity contribution in [3.05, 3.63) is 23.0 Å². The highest BCUT2D eigenvalue weighted by Gasteiger charge is 2.50. The Bertz CT molecular complexity index is 1490. The summed E-state index contributed by atoms with van der Waals surface area (Å²) in [5, 5.41) is 11.0. The fourth-order valence-electron chi connectivity index (χ4n) is 5.25. The van der Waals surface area contributed by atoms with Crippen molar-refractivity contribution >= 4 is 32.7 Å². The second-order valence-corrected chi connectivity index (χ2v) is 13.7. The second kappa shape index (κ2) is 8.88. The van der Waals surface area contributed by atoms with E-state index >= 15 is 0 Å². The predicted molar refractivity (Wildman–Crippen MR) is 139 cm³/mol. The smallest absolute Gasteiger partial charge is 0.291 e. The zero-order valence-electron chi connectivity index (χ0n) is 21.7. The lowest BCUT2D eigenvalue weighted by Crippen LogP contribution is -2.54. The molecule has 3 aliphatic rings. The van der Waals surface area contributed by atoms with E-state index in [0.29, 0.717) is 35.9 Å². The molecule has 10 nitrogen and oxygen atoms in total. The minimum absolute atomic E-state index is 0.0977. The molecule has 0 amide bonds. The summed E-state index contributed by atoms with van der Waals surface area (Å²) in [5.41, 5.74) is -0.313. The quantitative estimate of drug-likeness (QED) is 0.426. The SMILES string of the molecule is COC1(c2nc(-c3nnc(C(F)F)s3)c3cc(S(=O)(=O)NC4(C)CC4)cc(N4C[C@H](C)N[C@@H](C)C4)n23)CC1. The molecule has 38 heavy (non-hydrogen) atoms. The second-order valence-electron chi connectivity index (χ2n) is 11.0. The molecule has 0 aromatic carbocycles. The number of piperazine rings is 1. The summed E-state index contributed by atoms with van der Waals surface area (Å²) in [4.78, 5) is 7.14. The minimum atomic E-state index is -3.88. The van der Waals surface area contributed by atoms with E-state index in [4.69, 9.17) is 9.72 Å². The van der Waals surface area contributed by atoms with Gasteiger partial charge in [0.2, 0.25) is 10.0 Å². The van der Waals surface area contributed by atoms with Crippen molar-refractivity contribution in [3.63, 3.8) is 0 Å². The average Bonchev–Trinajstić information content (AvgIpc) is 3.68. The minimum Gasteiger partial charge on any atom is -0.370 e. The number of rotatable bonds is 8. The van der Waals surface area contributed by atoms with Gasteiger partial charge in [-0.3, -0.25) is 4.40 Å². The van der Waals surface area contributed by atoms with E-state index in [9.17, 15) is 17.2 Å². The maximum absolute atomic E-state index is 13.6. The van der Waals surface area contributed by atoms with Crippen LogP contribution in [0.4, 0.5) is 14.6 Å². The molecule has 2 saturated carbocycles. The standard InChI is InChI=1S/C24H31F2N7O3S2/c1-13-11-32(12-14(2)27-13)17-10-15(38(34,35)31-23(3)5-6-23)9-16-18(20-29-30-21(37-20)19(25)26)28-22(33(16)17)24(36-4)7-8-24/h9-10,13-14,19,27,31H,5-8,11-12H2,1-4H3/t13-,14-/m0/s1. The van der Waals surface area contributed by atoms with Crippen LogP contribution >= 0.6 is 11.3 Å². The number of alkyl halides is 2. The van der Waals surface area contributed by atoms with E-state index in [0.717, 1.165) is 37.0 Å². The van der Waals surface area contributed by atoms with Gasteiger partial charge in [0, 0.05) is 37.8 Å². The molecule has 3 aromatic heterocycles. The van der Waals surface area contributed by atoms with Crippen molar-refractivity contribution in [2.24, 2.45) is 0 Å². The van der Waals surface area contributed by atoms with Gasteiger partial charge in [0.05, 0.1) is 10.4 Å². The molecule has 2 atom stereocenters. The molecule has 4 heterocycles. The van der Waals surface area contributed by atoms with Crippen LogP contribution in [0.15, 0.2) is 17.0 Å². The molecule has 0 spiro atoms. The molecule has 14 heteroatoms. The van der Waals surface area contributed by atoms with Crippen LogP contribution in [0, 0.1) is 0 Å². The molecular weight excluding hydrogens is 536 g/mol. The summed E-state index contributed by atoms with van der Waals surface area (Å²) in [6, 6.07) is 3.58. The molecule has 0 radical (unpaired) electrons.